The smallest absolute Gasteiger partial charge is 0.409 e. The third-order valence-electron chi connectivity index (χ3n) is 9.74. The second-order valence-electron chi connectivity index (χ2n) is 13.0. The van der Waals surface area contributed by atoms with Gasteiger partial charge in [-0.2, -0.15) is 8.42 Å². The van der Waals surface area contributed by atoms with Crippen LogP contribution in [-0.4, -0.2) is 86.1 Å². The first-order valence-corrected chi connectivity index (χ1v) is 18.5. The van der Waals surface area contributed by atoms with Crippen molar-refractivity contribution in [1.82, 2.24) is 25.2 Å². The van der Waals surface area contributed by atoms with Crippen LogP contribution in [-0.2, 0) is 29.4 Å². The summed E-state index contributed by atoms with van der Waals surface area (Å²) in [6.07, 6.45) is 5.35. The number of hydrogen-bond donors (Lipinski definition) is 3. The van der Waals surface area contributed by atoms with Crippen molar-refractivity contribution in [3.63, 3.8) is 0 Å². The molecule has 15 nitrogen and oxygen atoms in total. The number of carbonyl (C=O) groups is 4. The zero-order valence-corrected chi connectivity index (χ0v) is 29.4. The average molecular weight is 736 g/mol. The molecule has 276 valence electrons. The summed E-state index contributed by atoms with van der Waals surface area (Å²) in [5, 5.41) is 6.72. The number of nitrogens with zero attached hydrogens (tertiary/aromatic N) is 2. The molecule has 0 radical (unpaired) electrons. The molecule has 0 spiro atoms. The molecule has 1 aliphatic heterocycles. The number of benzene rings is 2. The Morgan fingerprint density at radius 3 is 2.48 bits per heavy atom. The second kappa shape index (κ2) is 15.5. The van der Waals surface area contributed by atoms with E-state index in [1.165, 1.54) is 23.1 Å². The number of aromatic nitrogens is 1. The first-order chi connectivity index (χ1) is 25.0. The van der Waals surface area contributed by atoms with Crippen LogP contribution in [0.4, 0.5) is 4.79 Å². The largest absolute Gasteiger partial charge is 0.497 e. The number of fused-ring (bicyclic) bond motifs is 1. The van der Waals surface area contributed by atoms with Gasteiger partial charge in [0.1, 0.15) is 41.8 Å². The highest BCUT2D eigenvalue weighted by atomic mass is 32.2. The van der Waals surface area contributed by atoms with E-state index in [9.17, 15) is 27.6 Å². The van der Waals surface area contributed by atoms with Crippen LogP contribution in [0, 0.1) is 5.92 Å². The average Bonchev–Trinajstić information content (AvgIpc) is 3.79. The fraction of sp³-hybridized carbons (Fsp3) is 0.417. The summed E-state index contributed by atoms with van der Waals surface area (Å²) in [5.74, 6) is -2.02. The monoisotopic (exact) mass is 735 g/mol. The van der Waals surface area contributed by atoms with Crippen molar-refractivity contribution in [1.29, 1.82) is 0 Å². The Morgan fingerprint density at radius 1 is 1.02 bits per heavy atom. The van der Waals surface area contributed by atoms with Crippen LogP contribution in [0.1, 0.15) is 44.9 Å². The second-order valence-corrected chi connectivity index (χ2v) is 14.3. The Bertz CT molecular complexity index is 1940. The molecule has 16 heteroatoms. The van der Waals surface area contributed by atoms with E-state index in [2.05, 4.69) is 22.2 Å². The first-order valence-electron chi connectivity index (χ1n) is 17.1. The molecule has 3 aliphatic rings. The van der Waals surface area contributed by atoms with Gasteiger partial charge in [-0.3, -0.25) is 14.4 Å². The van der Waals surface area contributed by atoms with Crippen molar-refractivity contribution in [2.45, 2.75) is 68.7 Å². The Morgan fingerprint density at radius 2 is 1.79 bits per heavy atom. The molecule has 0 bridgehead atoms. The summed E-state index contributed by atoms with van der Waals surface area (Å²) in [6, 6.07) is 13.7. The number of likely N-dealkylation sites (tertiary alicyclic amines) is 1. The van der Waals surface area contributed by atoms with Gasteiger partial charge in [-0.25, -0.2) is 14.5 Å². The summed E-state index contributed by atoms with van der Waals surface area (Å²) < 4.78 is 49.7. The molecule has 4 amide bonds. The van der Waals surface area contributed by atoms with Crippen molar-refractivity contribution in [3.05, 3.63) is 73.4 Å². The molecule has 1 aromatic heterocycles. The van der Waals surface area contributed by atoms with Crippen LogP contribution in [0.2, 0.25) is 0 Å². The highest BCUT2D eigenvalue weighted by molar-refractivity contribution is 7.85. The molecule has 52 heavy (non-hydrogen) atoms. The lowest BCUT2D eigenvalue weighted by molar-refractivity contribution is -0.143. The van der Waals surface area contributed by atoms with Crippen LogP contribution < -0.4 is 29.0 Å². The van der Waals surface area contributed by atoms with Gasteiger partial charge in [0.25, 0.3) is 5.91 Å². The van der Waals surface area contributed by atoms with Crippen LogP contribution in [0.3, 0.4) is 0 Å². The highest BCUT2D eigenvalue weighted by Crippen LogP contribution is 2.40. The maximum atomic E-state index is 14.1. The summed E-state index contributed by atoms with van der Waals surface area (Å²) in [4.78, 5) is 59.6. The van der Waals surface area contributed by atoms with Crippen LogP contribution in [0.5, 0.6) is 17.4 Å². The normalized spacial score (nSPS) is 22.9. The number of hydrogen-bond acceptors (Lipinski definition) is 11. The minimum atomic E-state index is -4.63. The van der Waals surface area contributed by atoms with E-state index in [0.29, 0.717) is 17.6 Å². The van der Waals surface area contributed by atoms with E-state index in [1.54, 1.807) is 49.7 Å². The van der Waals surface area contributed by atoms with Gasteiger partial charge in [-0.1, -0.05) is 24.3 Å². The van der Waals surface area contributed by atoms with Gasteiger partial charge in [0.05, 0.1) is 13.7 Å². The van der Waals surface area contributed by atoms with Crippen molar-refractivity contribution in [2.75, 3.05) is 20.2 Å². The first kappa shape index (κ1) is 36.4. The Hall–Kier alpha value is -5.38. The van der Waals surface area contributed by atoms with Crippen LogP contribution in [0.25, 0.3) is 10.8 Å². The van der Waals surface area contributed by atoms with Crippen molar-refractivity contribution < 1.29 is 46.0 Å². The number of rotatable bonds is 13. The molecular weight excluding hydrogens is 694 g/mol. The Labute approximate surface area is 301 Å². The predicted octanol–water partition coefficient (Wildman–Crippen LogP) is 3.15. The molecule has 6 rings (SSSR count). The zero-order chi connectivity index (χ0) is 36.9. The zero-order valence-electron chi connectivity index (χ0n) is 28.6. The molecule has 2 aliphatic carbocycles. The van der Waals surface area contributed by atoms with E-state index >= 15 is 0 Å². The minimum absolute atomic E-state index is 0.00415. The Balaban J connectivity index is 1.20. The fourth-order valence-electron chi connectivity index (χ4n) is 6.91. The molecule has 3 N–H and O–H groups in total. The standard InChI is InChI=1S/C36H41N5O10S/c1-3-24-15-17-36(24,34(44)40-52(46,47)51-26-11-5-4-6-12-26)39-32(43)30-20-28(49-33-29-14-13-27(48-2)19-23(29)16-18-37-33)22-41(30)31(42)21-38-35(45)50-25-9-7-8-10-25/h3-6,11-14,16,18-19,24-25,28,30H,1,7-10,15,17,20-22H2,2H3,(H,38,45)(H,39,43)(H,40,44)/t24?,28-,30+,36-/m1/s1. The molecule has 3 aromatic rings. The molecule has 1 saturated heterocycles. The molecule has 2 aromatic carbocycles. The van der Waals surface area contributed by atoms with E-state index in [0.717, 1.165) is 31.1 Å². The number of carbonyl (C=O) groups excluding carboxylic acids is 4. The van der Waals surface area contributed by atoms with E-state index in [1.807, 2.05) is 10.8 Å². The highest BCUT2D eigenvalue weighted by Gasteiger charge is 2.55. The molecular formula is C36H41N5O10S. The van der Waals surface area contributed by atoms with Gasteiger partial charge in [-0.15, -0.1) is 6.58 Å². The van der Waals surface area contributed by atoms with Crippen LogP contribution in [0.15, 0.2) is 73.4 Å². The molecule has 2 saturated carbocycles. The molecule has 2 heterocycles. The van der Waals surface area contributed by atoms with Gasteiger partial charge in [0.2, 0.25) is 17.7 Å². The van der Waals surface area contributed by atoms with Crippen molar-refractivity contribution in [2.24, 2.45) is 5.92 Å². The SMILES string of the molecule is C=CC1CC[C@]1(NC(=O)[C@@H]1C[C@@H](Oc2nccc3cc(OC)ccc23)CN1C(=O)CNC(=O)OC1CCCC1)C(=O)NS(=O)(=O)Oc1ccccc1. The third-order valence-corrected chi connectivity index (χ3v) is 10.6. The van der Waals surface area contributed by atoms with Gasteiger partial charge in [-0.05, 0) is 80.3 Å². The number of pyridine rings is 1. The topological polar surface area (TPSA) is 192 Å². The fourth-order valence-corrected chi connectivity index (χ4v) is 7.72. The lowest BCUT2D eigenvalue weighted by atomic mass is 9.66. The summed E-state index contributed by atoms with van der Waals surface area (Å²) in [5.41, 5.74) is -1.70. The van der Waals surface area contributed by atoms with Crippen molar-refractivity contribution in [3.8, 4) is 17.4 Å². The number of ether oxygens (including phenoxy) is 3. The van der Waals surface area contributed by atoms with Gasteiger partial charge in [0.15, 0.2) is 0 Å². The van der Waals surface area contributed by atoms with Gasteiger partial charge >= 0.3 is 16.4 Å². The van der Waals surface area contributed by atoms with E-state index < -0.39 is 64.3 Å². The maximum Gasteiger partial charge on any atom is 0.409 e. The predicted molar refractivity (Wildman–Crippen MR) is 187 cm³/mol. The van der Waals surface area contributed by atoms with Gasteiger partial charge in [0, 0.05) is 23.9 Å². The quantitative estimate of drug-likeness (QED) is 0.219. The lowest BCUT2D eigenvalue weighted by Gasteiger charge is -2.47. The van der Waals surface area contributed by atoms with Crippen LogP contribution >= 0.6 is 0 Å². The number of para-hydroxylation sites is 1. The van der Waals surface area contributed by atoms with Crippen molar-refractivity contribution >= 4 is 44.9 Å². The molecule has 4 atom stereocenters. The Kier molecular flexibility index (Phi) is 10.8. The number of amides is 4. The summed E-state index contributed by atoms with van der Waals surface area (Å²) in [6.45, 7) is 3.28. The number of nitrogens with one attached hydrogen (secondary N) is 3. The summed E-state index contributed by atoms with van der Waals surface area (Å²) >= 11 is 0. The number of methoxy groups -OCH3 is 1. The maximum absolute atomic E-state index is 14.1. The molecule has 3 fully saturated rings. The molecule has 1 unspecified atom stereocenters. The van der Waals surface area contributed by atoms with E-state index in [-0.39, 0.29) is 37.1 Å². The lowest BCUT2D eigenvalue weighted by Crippen LogP contribution is -2.70. The number of alkyl carbamates (subject to hydrolysis) is 1. The van der Waals surface area contributed by atoms with Gasteiger partial charge < -0.3 is 33.9 Å². The minimum Gasteiger partial charge on any atom is -0.497 e. The third kappa shape index (κ3) is 8.06. The van der Waals surface area contributed by atoms with E-state index in [4.69, 9.17) is 18.4 Å². The summed E-state index contributed by atoms with van der Waals surface area (Å²) in [7, 11) is -3.07.